The molecule has 0 aromatic carbocycles. The third-order valence-corrected chi connectivity index (χ3v) is 1.45. The van der Waals surface area contributed by atoms with Crippen molar-refractivity contribution in [3.63, 3.8) is 0 Å². The van der Waals surface area contributed by atoms with Crippen molar-refractivity contribution >= 4 is 16.9 Å². The highest BCUT2D eigenvalue weighted by molar-refractivity contribution is 8.13. The number of rotatable bonds is 4. The molecule has 0 aliphatic heterocycles. The van der Waals surface area contributed by atoms with E-state index in [0.717, 1.165) is 12.8 Å². The number of hydrogen-bond acceptors (Lipinski definition) is 3. The molecule has 2 N–H and O–H groups in total. The van der Waals surface area contributed by atoms with E-state index in [0.29, 0.717) is 11.8 Å². The van der Waals surface area contributed by atoms with Gasteiger partial charge in [0.25, 0.3) is 0 Å². The first-order valence-corrected chi connectivity index (χ1v) is 4.53. The summed E-state index contributed by atoms with van der Waals surface area (Å²) in [6, 6.07) is 0. The number of unbranched alkanes of at least 4 members (excludes halogenated alkanes) is 1. The van der Waals surface area contributed by atoms with E-state index in [9.17, 15) is 0 Å². The van der Waals surface area contributed by atoms with Crippen LogP contribution in [0.25, 0.3) is 0 Å². The molecular formula is C6H14N2OS. The van der Waals surface area contributed by atoms with Gasteiger partial charge >= 0.3 is 0 Å². The van der Waals surface area contributed by atoms with Gasteiger partial charge in [0, 0.05) is 0 Å². The number of amidine groups is 1. The van der Waals surface area contributed by atoms with Crippen molar-refractivity contribution in [2.24, 2.45) is 10.9 Å². The number of nitrogens with zero attached hydrogens (tertiary/aromatic N) is 1. The second-order valence-corrected chi connectivity index (χ2v) is 2.65. The fourth-order valence-electron chi connectivity index (χ4n) is 0.355. The van der Waals surface area contributed by atoms with Gasteiger partial charge < -0.3 is 10.6 Å². The Bertz CT molecular complexity index is 106. The van der Waals surface area contributed by atoms with E-state index in [1.807, 2.05) is 6.26 Å². The van der Waals surface area contributed by atoms with Crippen LogP contribution in [0, 0.1) is 0 Å². The minimum absolute atomic E-state index is 0.483. The number of oxime groups is 1. The van der Waals surface area contributed by atoms with Gasteiger partial charge in [-0.3, -0.25) is 0 Å². The van der Waals surface area contributed by atoms with Gasteiger partial charge in [0.15, 0.2) is 5.17 Å². The molecule has 0 radical (unpaired) electrons. The van der Waals surface area contributed by atoms with Crippen LogP contribution < -0.4 is 5.73 Å². The van der Waals surface area contributed by atoms with E-state index < -0.39 is 0 Å². The Morgan fingerprint density at radius 1 is 1.70 bits per heavy atom. The monoisotopic (exact) mass is 162 g/mol. The zero-order valence-electron chi connectivity index (χ0n) is 6.46. The van der Waals surface area contributed by atoms with Crippen LogP contribution in [0.4, 0.5) is 0 Å². The third kappa shape index (κ3) is 5.75. The van der Waals surface area contributed by atoms with Crippen LogP contribution in [0.2, 0.25) is 0 Å². The highest BCUT2D eigenvalue weighted by Gasteiger charge is 1.86. The van der Waals surface area contributed by atoms with E-state index in [1.54, 1.807) is 0 Å². The van der Waals surface area contributed by atoms with Crippen LogP contribution in [-0.2, 0) is 4.84 Å². The summed E-state index contributed by atoms with van der Waals surface area (Å²) in [7, 11) is 0. The molecule has 0 aliphatic carbocycles. The van der Waals surface area contributed by atoms with Gasteiger partial charge in [-0.1, -0.05) is 30.3 Å². The second kappa shape index (κ2) is 6.74. The zero-order valence-corrected chi connectivity index (χ0v) is 7.28. The fraction of sp³-hybridized carbons (Fsp3) is 0.833. The van der Waals surface area contributed by atoms with Crippen LogP contribution in [0.3, 0.4) is 0 Å². The molecule has 4 heteroatoms. The first kappa shape index (κ1) is 9.62. The molecule has 0 atom stereocenters. The van der Waals surface area contributed by atoms with E-state index in [1.165, 1.54) is 11.8 Å². The fourth-order valence-corrected chi connectivity index (χ4v) is 0.483. The van der Waals surface area contributed by atoms with Crippen LogP contribution in [0.1, 0.15) is 19.8 Å². The summed E-state index contributed by atoms with van der Waals surface area (Å²) in [5, 5.41) is 4.12. The van der Waals surface area contributed by atoms with Crippen molar-refractivity contribution in [3.05, 3.63) is 0 Å². The van der Waals surface area contributed by atoms with Crippen LogP contribution in [0.15, 0.2) is 5.16 Å². The Hall–Kier alpha value is -0.380. The Kier molecular flexibility index (Phi) is 6.48. The SMILES string of the molecule is CCCCON=C(N)SC. The van der Waals surface area contributed by atoms with Crippen molar-refractivity contribution < 1.29 is 4.84 Å². The molecule has 10 heavy (non-hydrogen) atoms. The summed E-state index contributed by atoms with van der Waals surface area (Å²) in [6.45, 7) is 2.77. The maximum atomic E-state index is 5.34. The predicted molar refractivity (Wildman–Crippen MR) is 46.0 cm³/mol. The molecule has 0 bridgehead atoms. The van der Waals surface area contributed by atoms with Crippen LogP contribution in [0.5, 0.6) is 0 Å². The number of thioether (sulfide) groups is 1. The van der Waals surface area contributed by atoms with Gasteiger partial charge in [-0.15, -0.1) is 0 Å². The van der Waals surface area contributed by atoms with Crippen molar-refractivity contribution in [2.75, 3.05) is 12.9 Å². The largest absolute Gasteiger partial charge is 0.394 e. The van der Waals surface area contributed by atoms with Gasteiger partial charge in [0.1, 0.15) is 6.61 Å². The molecule has 0 spiro atoms. The normalized spacial score (nSPS) is 11.6. The van der Waals surface area contributed by atoms with Gasteiger partial charge in [0.05, 0.1) is 0 Å². The summed E-state index contributed by atoms with van der Waals surface area (Å²) >= 11 is 1.39. The summed E-state index contributed by atoms with van der Waals surface area (Å²) in [5.41, 5.74) is 5.34. The van der Waals surface area contributed by atoms with E-state index >= 15 is 0 Å². The molecule has 3 nitrogen and oxygen atoms in total. The lowest BCUT2D eigenvalue weighted by Gasteiger charge is -1.96. The van der Waals surface area contributed by atoms with Crippen molar-refractivity contribution in [1.29, 1.82) is 0 Å². The maximum absolute atomic E-state index is 5.34. The summed E-state index contributed by atoms with van der Waals surface area (Å²) < 4.78 is 0. The van der Waals surface area contributed by atoms with Crippen LogP contribution in [-0.4, -0.2) is 18.0 Å². The molecule has 0 saturated carbocycles. The first-order chi connectivity index (χ1) is 4.81. The average Bonchev–Trinajstić information content (AvgIpc) is 1.98. The zero-order chi connectivity index (χ0) is 7.82. The summed E-state index contributed by atoms with van der Waals surface area (Å²) in [4.78, 5) is 4.87. The first-order valence-electron chi connectivity index (χ1n) is 3.30. The molecule has 0 amide bonds. The Balaban J connectivity index is 3.16. The molecule has 0 aromatic heterocycles. The maximum Gasteiger partial charge on any atom is 0.197 e. The highest BCUT2D eigenvalue weighted by atomic mass is 32.2. The second-order valence-electron chi connectivity index (χ2n) is 1.82. The minimum Gasteiger partial charge on any atom is -0.394 e. The predicted octanol–water partition coefficient (Wildman–Crippen LogP) is 1.40. The van der Waals surface area contributed by atoms with E-state index in [4.69, 9.17) is 10.6 Å². The van der Waals surface area contributed by atoms with Gasteiger partial charge in [0.2, 0.25) is 0 Å². The van der Waals surface area contributed by atoms with E-state index in [2.05, 4.69) is 12.1 Å². The smallest absolute Gasteiger partial charge is 0.197 e. The van der Waals surface area contributed by atoms with Crippen molar-refractivity contribution in [3.8, 4) is 0 Å². The Morgan fingerprint density at radius 3 is 2.90 bits per heavy atom. The lowest BCUT2D eigenvalue weighted by atomic mass is 10.4. The standard InChI is InChI=1S/C6H14N2OS/c1-3-4-5-9-8-6(7)10-2/h3-5H2,1-2H3,(H2,7,8). The molecule has 60 valence electrons. The summed E-state index contributed by atoms with van der Waals surface area (Å²) in [5.74, 6) is 0. The van der Waals surface area contributed by atoms with Gasteiger partial charge in [-0.2, -0.15) is 0 Å². The molecule has 0 unspecified atom stereocenters. The molecule has 0 saturated heterocycles. The lowest BCUT2D eigenvalue weighted by Crippen LogP contribution is -2.06. The number of hydrogen-bond donors (Lipinski definition) is 1. The highest BCUT2D eigenvalue weighted by Crippen LogP contribution is 1.93. The quantitative estimate of drug-likeness (QED) is 0.294. The molecular weight excluding hydrogens is 148 g/mol. The van der Waals surface area contributed by atoms with Crippen molar-refractivity contribution in [1.82, 2.24) is 0 Å². The molecule has 0 aromatic rings. The van der Waals surface area contributed by atoms with Gasteiger partial charge in [-0.25, -0.2) is 0 Å². The van der Waals surface area contributed by atoms with Gasteiger partial charge in [-0.05, 0) is 12.7 Å². The summed E-state index contributed by atoms with van der Waals surface area (Å²) in [6.07, 6.45) is 4.02. The Morgan fingerprint density at radius 2 is 2.40 bits per heavy atom. The molecule has 0 rings (SSSR count). The minimum atomic E-state index is 0.483. The van der Waals surface area contributed by atoms with E-state index in [-0.39, 0.29) is 0 Å². The molecule has 0 heterocycles. The molecule has 0 fully saturated rings. The topological polar surface area (TPSA) is 47.6 Å². The van der Waals surface area contributed by atoms with Crippen molar-refractivity contribution in [2.45, 2.75) is 19.8 Å². The number of nitrogens with two attached hydrogens (primary N) is 1. The Labute approximate surface area is 66.0 Å². The lowest BCUT2D eigenvalue weighted by molar-refractivity contribution is 0.142. The van der Waals surface area contributed by atoms with Crippen LogP contribution >= 0.6 is 11.8 Å². The molecule has 0 aliphatic rings. The average molecular weight is 162 g/mol. The third-order valence-electron chi connectivity index (χ3n) is 0.953.